The van der Waals surface area contributed by atoms with Crippen molar-refractivity contribution < 1.29 is 4.74 Å². The number of benzene rings is 1. The molecule has 0 bridgehead atoms. The van der Waals surface area contributed by atoms with Crippen molar-refractivity contribution in [2.45, 2.75) is 19.9 Å². The normalized spacial score (nSPS) is 11.8. The molecule has 0 saturated heterocycles. The molecule has 7 heteroatoms. The molecule has 7 nitrogen and oxygen atoms in total. The lowest BCUT2D eigenvalue weighted by atomic mass is 10.2. The fourth-order valence-electron chi connectivity index (χ4n) is 2.64. The van der Waals surface area contributed by atoms with Gasteiger partial charge in [0.25, 0.3) is 0 Å². The summed E-state index contributed by atoms with van der Waals surface area (Å²) in [5.41, 5.74) is 2.22. The summed E-state index contributed by atoms with van der Waals surface area (Å²) in [4.78, 5) is 6.98. The van der Waals surface area contributed by atoms with Crippen LogP contribution in [-0.2, 0) is 11.3 Å². The first-order chi connectivity index (χ1) is 13.2. The van der Waals surface area contributed by atoms with Gasteiger partial charge in [0.15, 0.2) is 5.96 Å². The summed E-state index contributed by atoms with van der Waals surface area (Å²) in [6.45, 7) is 7.21. The predicted octanol–water partition coefficient (Wildman–Crippen LogP) is 1.90. The second-order valence-electron chi connectivity index (χ2n) is 6.39. The Labute approximate surface area is 162 Å². The number of methoxy groups -OCH3 is 1. The maximum atomic E-state index is 5.09. The zero-order chi connectivity index (χ0) is 19.3. The fourth-order valence-corrected chi connectivity index (χ4v) is 2.64. The van der Waals surface area contributed by atoms with Crippen LogP contribution in [0.1, 0.15) is 18.9 Å². The van der Waals surface area contributed by atoms with Gasteiger partial charge in [-0.3, -0.25) is 0 Å². The molecular formula is C20H32N6O. The van der Waals surface area contributed by atoms with Crippen LogP contribution in [0.15, 0.2) is 47.7 Å². The Morgan fingerprint density at radius 2 is 2.04 bits per heavy atom. The molecule has 0 spiro atoms. The number of hydrogen-bond acceptors (Lipinski definition) is 4. The van der Waals surface area contributed by atoms with Gasteiger partial charge in [-0.05, 0) is 44.2 Å². The number of nitrogens with one attached hydrogen (secondary N) is 2. The minimum atomic E-state index is 0.637. The molecular weight excluding hydrogens is 340 g/mol. The molecule has 2 rings (SSSR count). The Hall–Kier alpha value is -2.38. The van der Waals surface area contributed by atoms with Gasteiger partial charge in [0, 0.05) is 52.3 Å². The Morgan fingerprint density at radius 3 is 2.70 bits per heavy atom. The van der Waals surface area contributed by atoms with Gasteiger partial charge in [0.1, 0.15) is 0 Å². The third-order valence-electron chi connectivity index (χ3n) is 4.14. The van der Waals surface area contributed by atoms with E-state index >= 15 is 0 Å². The van der Waals surface area contributed by atoms with Crippen molar-refractivity contribution >= 4 is 5.96 Å². The zero-order valence-electron chi connectivity index (χ0n) is 16.7. The number of ether oxygens (including phenoxy) is 1. The molecule has 2 N–H and O–H groups in total. The monoisotopic (exact) mass is 372 g/mol. The summed E-state index contributed by atoms with van der Waals surface area (Å²) in [6.07, 6.45) is 4.77. The second-order valence-corrected chi connectivity index (χ2v) is 6.39. The molecule has 0 unspecified atom stereocenters. The summed E-state index contributed by atoms with van der Waals surface area (Å²) in [7, 11) is 3.87. The van der Waals surface area contributed by atoms with Crippen LogP contribution in [0.4, 0.5) is 0 Å². The van der Waals surface area contributed by atoms with Crippen LogP contribution in [0.25, 0.3) is 5.69 Å². The second kappa shape index (κ2) is 12.1. The molecule has 0 aliphatic heterocycles. The average Bonchev–Trinajstić information content (AvgIpc) is 3.21. The lowest BCUT2D eigenvalue weighted by Crippen LogP contribution is -2.41. The highest BCUT2D eigenvalue weighted by Crippen LogP contribution is 2.09. The fraction of sp³-hybridized carbons (Fsp3) is 0.500. The number of guanidine groups is 1. The molecule has 2 aromatic rings. The van der Waals surface area contributed by atoms with E-state index in [4.69, 9.17) is 4.74 Å². The molecule has 27 heavy (non-hydrogen) atoms. The number of likely N-dealkylation sites (N-methyl/N-ethyl adjacent to an activating group) is 1. The minimum absolute atomic E-state index is 0.637. The van der Waals surface area contributed by atoms with E-state index in [-0.39, 0.29) is 0 Å². The summed E-state index contributed by atoms with van der Waals surface area (Å²) in [6, 6.07) is 10.2. The van der Waals surface area contributed by atoms with E-state index in [1.165, 1.54) is 5.56 Å². The van der Waals surface area contributed by atoms with Crippen molar-refractivity contribution in [2.75, 3.05) is 46.9 Å². The van der Waals surface area contributed by atoms with Gasteiger partial charge >= 0.3 is 0 Å². The highest BCUT2D eigenvalue weighted by molar-refractivity contribution is 5.79. The average molecular weight is 373 g/mol. The van der Waals surface area contributed by atoms with E-state index in [0.717, 1.165) is 50.9 Å². The first-order valence-electron chi connectivity index (χ1n) is 9.51. The molecule has 0 amide bonds. The summed E-state index contributed by atoms with van der Waals surface area (Å²) < 4.78 is 6.94. The van der Waals surface area contributed by atoms with E-state index in [1.807, 2.05) is 16.9 Å². The standard InChI is InChI=1S/C20H32N6O/c1-4-21-20(22-12-15-25(2)13-6-16-27-3)23-17-18-7-9-19(10-8-18)26-14-5-11-24-26/h5,7-11,14H,4,6,12-13,15-17H2,1-3H3,(H2,21,22,23). The third-order valence-corrected chi connectivity index (χ3v) is 4.14. The van der Waals surface area contributed by atoms with E-state index in [0.29, 0.717) is 6.54 Å². The number of aromatic nitrogens is 2. The molecule has 0 saturated carbocycles. The van der Waals surface area contributed by atoms with Crippen molar-refractivity contribution in [1.82, 2.24) is 25.3 Å². The highest BCUT2D eigenvalue weighted by atomic mass is 16.5. The van der Waals surface area contributed by atoms with Crippen LogP contribution >= 0.6 is 0 Å². The predicted molar refractivity (Wildman–Crippen MR) is 110 cm³/mol. The SMILES string of the molecule is CCNC(=NCc1ccc(-n2cccn2)cc1)NCCN(C)CCCOC. The van der Waals surface area contributed by atoms with E-state index in [1.54, 1.807) is 13.3 Å². The Balaban J connectivity index is 1.80. The lowest BCUT2D eigenvalue weighted by Gasteiger charge is -2.18. The van der Waals surface area contributed by atoms with Crippen molar-refractivity contribution in [2.24, 2.45) is 4.99 Å². The molecule has 0 aliphatic rings. The number of hydrogen-bond donors (Lipinski definition) is 2. The largest absolute Gasteiger partial charge is 0.385 e. The van der Waals surface area contributed by atoms with Gasteiger partial charge < -0.3 is 20.3 Å². The van der Waals surface area contributed by atoms with Crippen LogP contribution in [0, 0.1) is 0 Å². The van der Waals surface area contributed by atoms with Crippen LogP contribution in [0.3, 0.4) is 0 Å². The van der Waals surface area contributed by atoms with Gasteiger partial charge in [-0.2, -0.15) is 5.10 Å². The molecule has 1 heterocycles. The van der Waals surface area contributed by atoms with Crippen molar-refractivity contribution in [3.8, 4) is 5.69 Å². The van der Waals surface area contributed by atoms with Crippen LogP contribution in [-0.4, -0.2) is 67.6 Å². The maximum Gasteiger partial charge on any atom is 0.191 e. The van der Waals surface area contributed by atoms with Gasteiger partial charge in [-0.15, -0.1) is 0 Å². The molecule has 1 aromatic carbocycles. The molecule has 148 valence electrons. The first-order valence-corrected chi connectivity index (χ1v) is 9.51. The Kier molecular flexibility index (Phi) is 9.37. The molecule has 1 aromatic heterocycles. The number of nitrogens with zero attached hydrogens (tertiary/aromatic N) is 4. The van der Waals surface area contributed by atoms with Gasteiger partial charge in [0.05, 0.1) is 12.2 Å². The highest BCUT2D eigenvalue weighted by Gasteiger charge is 2.01. The smallest absolute Gasteiger partial charge is 0.191 e. The Morgan fingerprint density at radius 1 is 1.22 bits per heavy atom. The van der Waals surface area contributed by atoms with E-state index < -0.39 is 0 Å². The maximum absolute atomic E-state index is 5.09. The van der Waals surface area contributed by atoms with Gasteiger partial charge in [-0.1, -0.05) is 12.1 Å². The quantitative estimate of drug-likeness (QED) is 0.358. The van der Waals surface area contributed by atoms with E-state index in [9.17, 15) is 0 Å². The zero-order valence-corrected chi connectivity index (χ0v) is 16.7. The van der Waals surface area contributed by atoms with Gasteiger partial charge in [0.2, 0.25) is 0 Å². The first kappa shape index (κ1) is 20.9. The molecule has 0 atom stereocenters. The van der Waals surface area contributed by atoms with Gasteiger partial charge in [-0.25, -0.2) is 9.67 Å². The van der Waals surface area contributed by atoms with E-state index in [2.05, 4.69) is 63.9 Å². The van der Waals surface area contributed by atoms with Crippen LogP contribution in [0.2, 0.25) is 0 Å². The summed E-state index contributed by atoms with van der Waals surface area (Å²) in [5, 5.41) is 10.9. The molecule has 0 aliphatic carbocycles. The Bertz CT molecular complexity index is 654. The van der Waals surface area contributed by atoms with Crippen molar-refractivity contribution in [1.29, 1.82) is 0 Å². The third kappa shape index (κ3) is 7.80. The lowest BCUT2D eigenvalue weighted by molar-refractivity contribution is 0.180. The minimum Gasteiger partial charge on any atom is -0.385 e. The molecule has 0 radical (unpaired) electrons. The topological polar surface area (TPSA) is 66.7 Å². The number of aliphatic imine (C=N–C) groups is 1. The van der Waals surface area contributed by atoms with Crippen LogP contribution < -0.4 is 10.6 Å². The van der Waals surface area contributed by atoms with Crippen LogP contribution in [0.5, 0.6) is 0 Å². The summed E-state index contributed by atoms with van der Waals surface area (Å²) in [5.74, 6) is 0.846. The molecule has 0 fully saturated rings. The van der Waals surface area contributed by atoms with Crippen molar-refractivity contribution in [3.63, 3.8) is 0 Å². The number of rotatable bonds is 11. The summed E-state index contributed by atoms with van der Waals surface area (Å²) >= 11 is 0. The van der Waals surface area contributed by atoms with Crippen molar-refractivity contribution in [3.05, 3.63) is 48.3 Å².